The van der Waals surface area contributed by atoms with E-state index in [2.05, 4.69) is 40.4 Å². The standard InChI is InChI=1S/C26H28BrN3O3S2/c1-15(2)11-12-33-20-10-9-18(27)14-19(20)24(32)29-26(34)30-25-22(23(28)31)16(3)21(35-25)13-17-7-5-4-6-8-17/h4-10,14-15H,11-13H2,1-3H3,(H2,28,31)(H2,29,30,32,34). The van der Waals surface area contributed by atoms with Gasteiger partial charge in [-0.3, -0.25) is 14.9 Å². The van der Waals surface area contributed by atoms with Crippen LogP contribution in [0.25, 0.3) is 0 Å². The zero-order valence-corrected chi connectivity index (χ0v) is 23.0. The second-order valence-electron chi connectivity index (χ2n) is 8.46. The summed E-state index contributed by atoms with van der Waals surface area (Å²) >= 11 is 10.2. The number of amides is 2. The van der Waals surface area contributed by atoms with Crippen LogP contribution in [0.1, 0.15) is 57.0 Å². The van der Waals surface area contributed by atoms with Crippen molar-refractivity contribution in [3.8, 4) is 5.75 Å². The third kappa shape index (κ3) is 7.37. The Labute approximate surface area is 223 Å². The van der Waals surface area contributed by atoms with Crippen molar-refractivity contribution >= 4 is 61.4 Å². The number of anilines is 1. The van der Waals surface area contributed by atoms with Gasteiger partial charge in [-0.05, 0) is 60.8 Å². The molecule has 0 bridgehead atoms. The molecule has 9 heteroatoms. The van der Waals surface area contributed by atoms with Gasteiger partial charge in [0.1, 0.15) is 10.8 Å². The fraction of sp³-hybridized carbons (Fsp3) is 0.269. The number of hydrogen-bond donors (Lipinski definition) is 3. The van der Waals surface area contributed by atoms with Crippen LogP contribution in [-0.2, 0) is 6.42 Å². The maximum atomic E-state index is 13.0. The quantitative estimate of drug-likeness (QED) is 0.270. The lowest BCUT2D eigenvalue weighted by Crippen LogP contribution is -2.34. The van der Waals surface area contributed by atoms with Crippen LogP contribution in [0.2, 0.25) is 0 Å². The summed E-state index contributed by atoms with van der Waals surface area (Å²) in [5, 5.41) is 6.26. The van der Waals surface area contributed by atoms with Gasteiger partial charge in [-0.2, -0.15) is 0 Å². The summed E-state index contributed by atoms with van der Waals surface area (Å²) in [7, 11) is 0. The fourth-order valence-electron chi connectivity index (χ4n) is 3.41. The van der Waals surface area contributed by atoms with Crippen LogP contribution in [0.3, 0.4) is 0 Å². The number of nitrogens with one attached hydrogen (secondary N) is 2. The molecule has 0 saturated carbocycles. The topological polar surface area (TPSA) is 93.4 Å². The zero-order valence-electron chi connectivity index (χ0n) is 19.8. The molecular weight excluding hydrogens is 546 g/mol. The molecule has 3 rings (SSSR count). The fourth-order valence-corrected chi connectivity index (χ4v) is 5.28. The summed E-state index contributed by atoms with van der Waals surface area (Å²) in [5.41, 5.74) is 8.32. The van der Waals surface area contributed by atoms with Crippen LogP contribution < -0.4 is 21.1 Å². The molecule has 6 nitrogen and oxygen atoms in total. The molecule has 0 spiro atoms. The third-order valence-corrected chi connectivity index (χ3v) is 7.20. The molecule has 4 N–H and O–H groups in total. The number of ether oxygens (including phenoxy) is 1. The van der Waals surface area contributed by atoms with Crippen LogP contribution in [0.4, 0.5) is 5.00 Å². The molecule has 1 heterocycles. The molecule has 0 aliphatic rings. The minimum atomic E-state index is -0.553. The molecule has 3 aromatic rings. The first kappa shape index (κ1) is 26.8. The van der Waals surface area contributed by atoms with E-state index < -0.39 is 11.8 Å². The Balaban J connectivity index is 1.76. The second-order valence-corrected chi connectivity index (χ2v) is 10.9. The number of carbonyl (C=O) groups is 2. The molecular formula is C26H28BrN3O3S2. The summed E-state index contributed by atoms with van der Waals surface area (Å²) in [6.07, 6.45) is 1.53. The molecule has 0 unspecified atom stereocenters. The predicted molar refractivity (Wildman–Crippen MR) is 150 cm³/mol. The highest BCUT2D eigenvalue weighted by Gasteiger charge is 2.21. The van der Waals surface area contributed by atoms with Crippen molar-refractivity contribution < 1.29 is 14.3 Å². The van der Waals surface area contributed by atoms with E-state index in [0.29, 0.717) is 40.8 Å². The highest BCUT2D eigenvalue weighted by molar-refractivity contribution is 9.10. The van der Waals surface area contributed by atoms with E-state index in [1.807, 2.05) is 43.3 Å². The average molecular weight is 575 g/mol. The van der Waals surface area contributed by atoms with Gasteiger partial charge in [-0.1, -0.05) is 60.1 Å². The maximum Gasteiger partial charge on any atom is 0.261 e. The van der Waals surface area contributed by atoms with Crippen molar-refractivity contribution in [2.75, 3.05) is 11.9 Å². The summed E-state index contributed by atoms with van der Waals surface area (Å²) in [6, 6.07) is 15.2. The van der Waals surface area contributed by atoms with Gasteiger partial charge in [0.05, 0.1) is 17.7 Å². The molecule has 1 aromatic heterocycles. The highest BCUT2D eigenvalue weighted by Crippen LogP contribution is 2.34. The third-order valence-electron chi connectivity index (χ3n) is 5.29. The SMILES string of the molecule is Cc1c(Cc2ccccc2)sc(NC(=S)NC(=O)c2cc(Br)ccc2OCCC(C)C)c1C(N)=O. The van der Waals surface area contributed by atoms with Gasteiger partial charge >= 0.3 is 0 Å². The lowest BCUT2D eigenvalue weighted by Gasteiger charge is -2.14. The minimum Gasteiger partial charge on any atom is -0.493 e. The first-order chi connectivity index (χ1) is 16.7. The number of rotatable bonds is 9. The number of nitrogens with two attached hydrogens (primary N) is 1. The Bertz CT molecular complexity index is 1230. The molecule has 0 atom stereocenters. The second kappa shape index (κ2) is 12.3. The van der Waals surface area contributed by atoms with E-state index >= 15 is 0 Å². The van der Waals surface area contributed by atoms with Crippen LogP contribution >= 0.6 is 39.5 Å². The molecule has 2 amide bonds. The van der Waals surface area contributed by atoms with Crippen LogP contribution in [-0.4, -0.2) is 23.5 Å². The molecule has 0 aliphatic carbocycles. The number of hydrogen-bond acceptors (Lipinski definition) is 5. The summed E-state index contributed by atoms with van der Waals surface area (Å²) < 4.78 is 6.59. The van der Waals surface area contributed by atoms with Crippen LogP contribution in [0.15, 0.2) is 53.0 Å². The van der Waals surface area contributed by atoms with E-state index in [0.717, 1.165) is 26.9 Å². The molecule has 184 valence electrons. The van der Waals surface area contributed by atoms with E-state index in [4.69, 9.17) is 22.7 Å². The predicted octanol–water partition coefficient (Wildman–Crippen LogP) is 6.06. The number of primary amides is 1. The van der Waals surface area contributed by atoms with Crippen molar-refractivity contribution in [1.82, 2.24) is 5.32 Å². The van der Waals surface area contributed by atoms with Gasteiger partial charge in [0.2, 0.25) is 0 Å². The number of benzene rings is 2. The molecule has 0 fully saturated rings. The number of thiophene rings is 1. The van der Waals surface area contributed by atoms with Gasteiger partial charge in [-0.25, -0.2) is 0 Å². The van der Waals surface area contributed by atoms with E-state index in [1.165, 1.54) is 11.3 Å². The summed E-state index contributed by atoms with van der Waals surface area (Å²) in [6.45, 7) is 6.59. The molecule has 0 radical (unpaired) electrons. The van der Waals surface area contributed by atoms with Gasteiger partial charge in [0, 0.05) is 15.8 Å². The van der Waals surface area contributed by atoms with Crippen molar-refractivity contribution in [3.05, 3.63) is 80.1 Å². The number of thiocarbonyl (C=S) groups is 1. The molecule has 0 aliphatic heterocycles. The van der Waals surface area contributed by atoms with Crippen molar-refractivity contribution in [1.29, 1.82) is 0 Å². The van der Waals surface area contributed by atoms with E-state index in [-0.39, 0.29) is 5.11 Å². The molecule has 35 heavy (non-hydrogen) atoms. The summed E-state index contributed by atoms with van der Waals surface area (Å²) in [5.74, 6) is -0.00615. The first-order valence-corrected chi connectivity index (χ1v) is 13.2. The summed E-state index contributed by atoms with van der Waals surface area (Å²) in [4.78, 5) is 26.2. The van der Waals surface area contributed by atoms with Crippen LogP contribution in [0.5, 0.6) is 5.75 Å². The smallest absolute Gasteiger partial charge is 0.261 e. The van der Waals surface area contributed by atoms with Crippen molar-refractivity contribution in [2.24, 2.45) is 11.7 Å². The first-order valence-electron chi connectivity index (χ1n) is 11.2. The lowest BCUT2D eigenvalue weighted by atomic mass is 10.1. The Morgan fingerprint density at radius 3 is 2.54 bits per heavy atom. The van der Waals surface area contributed by atoms with Gasteiger partial charge in [-0.15, -0.1) is 11.3 Å². The van der Waals surface area contributed by atoms with Gasteiger partial charge in [0.25, 0.3) is 11.8 Å². The largest absolute Gasteiger partial charge is 0.493 e. The monoisotopic (exact) mass is 573 g/mol. The van der Waals surface area contributed by atoms with Gasteiger partial charge in [0.15, 0.2) is 5.11 Å². The average Bonchev–Trinajstić information content (AvgIpc) is 3.09. The van der Waals surface area contributed by atoms with Gasteiger partial charge < -0.3 is 15.8 Å². The highest BCUT2D eigenvalue weighted by atomic mass is 79.9. The number of halogens is 1. The van der Waals surface area contributed by atoms with Crippen molar-refractivity contribution in [3.63, 3.8) is 0 Å². The van der Waals surface area contributed by atoms with E-state index in [9.17, 15) is 9.59 Å². The molecule has 2 aromatic carbocycles. The lowest BCUT2D eigenvalue weighted by molar-refractivity contribution is 0.0971. The zero-order chi connectivity index (χ0) is 25.5. The maximum absolute atomic E-state index is 13.0. The van der Waals surface area contributed by atoms with Crippen LogP contribution in [0, 0.1) is 12.8 Å². The Hall–Kier alpha value is -2.75. The van der Waals surface area contributed by atoms with E-state index in [1.54, 1.807) is 12.1 Å². The number of carbonyl (C=O) groups excluding carboxylic acids is 2. The Kier molecular flexibility index (Phi) is 9.42. The van der Waals surface area contributed by atoms with Crippen molar-refractivity contribution in [2.45, 2.75) is 33.6 Å². The molecule has 0 saturated heterocycles. The Morgan fingerprint density at radius 2 is 1.89 bits per heavy atom. The Morgan fingerprint density at radius 1 is 1.17 bits per heavy atom. The normalized spacial score (nSPS) is 10.8. The minimum absolute atomic E-state index is 0.0677.